The molecule has 0 spiro atoms. The van der Waals surface area contributed by atoms with Crippen molar-refractivity contribution >= 4 is 0 Å². The summed E-state index contributed by atoms with van der Waals surface area (Å²) in [6.07, 6.45) is 2.69. The van der Waals surface area contributed by atoms with Gasteiger partial charge in [0.2, 0.25) is 0 Å². The van der Waals surface area contributed by atoms with Gasteiger partial charge in [0.25, 0.3) is 0 Å². The summed E-state index contributed by atoms with van der Waals surface area (Å²) in [6.45, 7) is 0. The molecule has 1 atom stereocenters. The van der Waals surface area contributed by atoms with Crippen LogP contribution >= 0.6 is 0 Å². The molecule has 0 radical (unpaired) electrons. The predicted molar refractivity (Wildman–Crippen MR) is 70.8 cm³/mol. The zero-order valence-electron chi connectivity index (χ0n) is 10.5. The first-order valence-corrected chi connectivity index (χ1v) is 6.02. The SMILES string of the molecule is Cn1ccc(C(O)c2ccnn2-c2ccccc2)n1. The largest absolute Gasteiger partial charge is 0.380 e. The van der Waals surface area contributed by atoms with Gasteiger partial charge in [0.15, 0.2) is 0 Å². The van der Waals surface area contributed by atoms with Crippen LogP contribution < -0.4 is 0 Å². The summed E-state index contributed by atoms with van der Waals surface area (Å²) in [7, 11) is 1.82. The lowest BCUT2D eigenvalue weighted by Crippen LogP contribution is -2.09. The van der Waals surface area contributed by atoms with Gasteiger partial charge in [0.1, 0.15) is 6.10 Å². The molecular weight excluding hydrogens is 240 g/mol. The van der Waals surface area contributed by atoms with Gasteiger partial charge >= 0.3 is 0 Å². The molecule has 1 unspecified atom stereocenters. The fourth-order valence-electron chi connectivity index (χ4n) is 2.04. The van der Waals surface area contributed by atoms with Crippen LogP contribution in [-0.2, 0) is 7.05 Å². The standard InChI is InChI=1S/C14H14N4O/c1-17-10-8-12(16-17)14(19)13-7-9-15-18(13)11-5-3-2-4-6-11/h2-10,14,19H,1H3. The molecule has 3 aromatic rings. The minimum Gasteiger partial charge on any atom is -0.380 e. The van der Waals surface area contributed by atoms with E-state index >= 15 is 0 Å². The van der Waals surface area contributed by atoms with Crippen LogP contribution in [0.15, 0.2) is 54.9 Å². The highest BCUT2D eigenvalue weighted by Gasteiger charge is 2.18. The summed E-state index contributed by atoms with van der Waals surface area (Å²) in [4.78, 5) is 0. The second-order valence-electron chi connectivity index (χ2n) is 4.32. The zero-order valence-corrected chi connectivity index (χ0v) is 10.5. The highest BCUT2D eigenvalue weighted by Crippen LogP contribution is 2.22. The molecule has 2 heterocycles. The van der Waals surface area contributed by atoms with Gasteiger partial charge in [-0.25, -0.2) is 4.68 Å². The van der Waals surface area contributed by atoms with Crippen molar-refractivity contribution in [3.63, 3.8) is 0 Å². The number of aliphatic hydroxyl groups is 1. The maximum atomic E-state index is 10.4. The average molecular weight is 254 g/mol. The van der Waals surface area contributed by atoms with Gasteiger partial charge < -0.3 is 5.11 Å². The quantitative estimate of drug-likeness (QED) is 0.773. The van der Waals surface area contributed by atoms with Crippen LogP contribution in [0.25, 0.3) is 5.69 Å². The van der Waals surface area contributed by atoms with E-state index in [0.29, 0.717) is 11.4 Å². The van der Waals surface area contributed by atoms with Gasteiger partial charge in [0, 0.05) is 19.4 Å². The molecule has 0 fully saturated rings. The summed E-state index contributed by atoms with van der Waals surface area (Å²) < 4.78 is 3.39. The second kappa shape index (κ2) is 4.70. The van der Waals surface area contributed by atoms with Crippen LogP contribution in [0.1, 0.15) is 17.5 Å². The lowest BCUT2D eigenvalue weighted by Gasteiger charge is -2.11. The highest BCUT2D eigenvalue weighted by molar-refractivity contribution is 5.34. The Morgan fingerprint density at radius 2 is 1.89 bits per heavy atom. The van der Waals surface area contributed by atoms with Crippen LogP contribution in [0.3, 0.4) is 0 Å². The molecule has 0 saturated heterocycles. The number of benzene rings is 1. The van der Waals surface area contributed by atoms with Gasteiger partial charge in [-0.2, -0.15) is 10.2 Å². The number of rotatable bonds is 3. The third-order valence-corrected chi connectivity index (χ3v) is 2.97. The van der Waals surface area contributed by atoms with Gasteiger partial charge in [-0.1, -0.05) is 18.2 Å². The lowest BCUT2D eigenvalue weighted by atomic mass is 10.2. The Morgan fingerprint density at radius 1 is 1.11 bits per heavy atom. The topological polar surface area (TPSA) is 55.9 Å². The average Bonchev–Trinajstić information content (AvgIpc) is 3.07. The Bertz CT molecular complexity index is 672. The maximum Gasteiger partial charge on any atom is 0.140 e. The number of para-hydroxylation sites is 1. The summed E-state index contributed by atoms with van der Waals surface area (Å²) in [5.74, 6) is 0. The van der Waals surface area contributed by atoms with Crippen LogP contribution in [0.2, 0.25) is 0 Å². The highest BCUT2D eigenvalue weighted by atomic mass is 16.3. The maximum absolute atomic E-state index is 10.4. The van der Waals surface area contributed by atoms with Crippen molar-refractivity contribution in [1.82, 2.24) is 19.6 Å². The number of aromatic nitrogens is 4. The number of hydrogen-bond acceptors (Lipinski definition) is 3. The van der Waals surface area contributed by atoms with Crippen LogP contribution in [0, 0.1) is 0 Å². The van der Waals surface area contributed by atoms with E-state index in [1.165, 1.54) is 0 Å². The molecular formula is C14H14N4O. The summed E-state index contributed by atoms with van der Waals surface area (Å²) >= 11 is 0. The van der Waals surface area contributed by atoms with Gasteiger partial charge in [-0.3, -0.25) is 4.68 Å². The van der Waals surface area contributed by atoms with E-state index < -0.39 is 6.10 Å². The molecule has 2 aromatic heterocycles. The molecule has 0 saturated carbocycles. The van der Waals surface area contributed by atoms with Gasteiger partial charge in [-0.15, -0.1) is 0 Å². The molecule has 0 aliphatic carbocycles. The summed E-state index contributed by atoms with van der Waals surface area (Å²) in [6, 6.07) is 13.3. The fourth-order valence-corrected chi connectivity index (χ4v) is 2.04. The van der Waals surface area contributed by atoms with E-state index in [1.54, 1.807) is 27.7 Å². The molecule has 1 aromatic carbocycles. The number of hydrogen-bond donors (Lipinski definition) is 1. The number of nitrogens with zero attached hydrogens (tertiary/aromatic N) is 4. The van der Waals surface area contributed by atoms with Crippen molar-refractivity contribution in [3.05, 3.63) is 66.2 Å². The summed E-state index contributed by atoms with van der Waals surface area (Å²) in [5.41, 5.74) is 2.22. The van der Waals surface area contributed by atoms with Gasteiger partial charge in [0.05, 0.1) is 17.1 Å². The molecule has 19 heavy (non-hydrogen) atoms. The Balaban J connectivity index is 2.01. The smallest absolute Gasteiger partial charge is 0.140 e. The lowest BCUT2D eigenvalue weighted by molar-refractivity contribution is 0.206. The van der Waals surface area contributed by atoms with Gasteiger partial charge in [-0.05, 0) is 24.3 Å². The van der Waals surface area contributed by atoms with Crippen LogP contribution in [-0.4, -0.2) is 24.7 Å². The summed E-state index contributed by atoms with van der Waals surface area (Å²) in [5, 5.41) is 18.9. The molecule has 5 heteroatoms. The van der Waals surface area contributed by atoms with Crippen LogP contribution in [0.4, 0.5) is 0 Å². The van der Waals surface area contributed by atoms with Crippen molar-refractivity contribution in [3.8, 4) is 5.69 Å². The van der Waals surface area contributed by atoms with Crippen molar-refractivity contribution in [2.24, 2.45) is 7.05 Å². The molecule has 5 nitrogen and oxygen atoms in total. The molecule has 96 valence electrons. The monoisotopic (exact) mass is 254 g/mol. The van der Waals surface area contributed by atoms with Crippen molar-refractivity contribution < 1.29 is 5.11 Å². The molecule has 3 rings (SSSR count). The first kappa shape index (κ1) is 11.7. The van der Waals surface area contributed by atoms with Crippen molar-refractivity contribution in [2.45, 2.75) is 6.10 Å². The minimum atomic E-state index is -0.788. The molecule has 0 aliphatic rings. The van der Waals surface area contributed by atoms with E-state index in [0.717, 1.165) is 5.69 Å². The Labute approximate surface area is 110 Å². The molecule has 1 N–H and O–H groups in total. The van der Waals surface area contributed by atoms with Crippen molar-refractivity contribution in [2.75, 3.05) is 0 Å². The van der Waals surface area contributed by atoms with E-state index in [2.05, 4.69) is 10.2 Å². The van der Waals surface area contributed by atoms with Crippen LogP contribution in [0.5, 0.6) is 0 Å². The third kappa shape index (κ3) is 2.15. The first-order valence-electron chi connectivity index (χ1n) is 6.02. The molecule has 0 bridgehead atoms. The minimum absolute atomic E-state index is 0.611. The first-order chi connectivity index (χ1) is 9.25. The van der Waals surface area contributed by atoms with E-state index in [9.17, 15) is 5.11 Å². The number of aryl methyl sites for hydroxylation is 1. The predicted octanol–water partition coefficient (Wildman–Crippen LogP) is 1.69. The number of aliphatic hydroxyl groups excluding tert-OH is 1. The second-order valence-corrected chi connectivity index (χ2v) is 4.32. The fraction of sp³-hybridized carbons (Fsp3) is 0.143. The van der Waals surface area contributed by atoms with E-state index in [1.807, 2.05) is 43.6 Å². The van der Waals surface area contributed by atoms with Crippen molar-refractivity contribution in [1.29, 1.82) is 0 Å². The van der Waals surface area contributed by atoms with E-state index in [-0.39, 0.29) is 0 Å². The Hall–Kier alpha value is -2.40. The normalized spacial score (nSPS) is 12.5. The Morgan fingerprint density at radius 3 is 2.58 bits per heavy atom. The third-order valence-electron chi connectivity index (χ3n) is 2.97. The molecule has 0 amide bonds. The zero-order chi connectivity index (χ0) is 13.2. The van der Waals surface area contributed by atoms with E-state index in [4.69, 9.17) is 0 Å². The Kier molecular flexibility index (Phi) is 2.89. The molecule has 0 aliphatic heterocycles.